The monoisotopic (exact) mass is 288 g/mol. The molecule has 4 rings (SSSR count). The van der Waals surface area contributed by atoms with Crippen molar-refractivity contribution in [1.29, 1.82) is 0 Å². The second-order valence-corrected chi connectivity index (χ2v) is 5.44. The molecule has 2 heterocycles. The second kappa shape index (κ2) is 4.77. The maximum Gasteiger partial charge on any atom is 0.152 e. The Morgan fingerprint density at radius 3 is 2.50 bits per heavy atom. The number of hydrogen-bond donors (Lipinski definition) is 1. The lowest BCUT2D eigenvalue weighted by Gasteiger charge is -2.39. The summed E-state index contributed by atoms with van der Waals surface area (Å²) in [4.78, 5) is 0. The Hall–Kier alpha value is -1.55. The molecule has 0 radical (unpaired) electrons. The lowest BCUT2D eigenvalue weighted by atomic mass is 9.83. The van der Waals surface area contributed by atoms with Crippen LogP contribution in [0.5, 0.6) is 5.75 Å². The predicted molar refractivity (Wildman–Crippen MR) is 80.7 cm³/mol. The lowest BCUT2D eigenvalue weighted by molar-refractivity contribution is 0.0255. The Morgan fingerprint density at radius 2 is 1.70 bits per heavy atom. The third-order valence-corrected chi connectivity index (χ3v) is 4.09. The van der Waals surface area contributed by atoms with Gasteiger partial charge in [0.2, 0.25) is 0 Å². The first-order chi connectivity index (χ1) is 9.27. The van der Waals surface area contributed by atoms with E-state index in [-0.39, 0.29) is 18.0 Å². The molecule has 0 aliphatic carbocycles. The van der Waals surface area contributed by atoms with Crippen molar-refractivity contribution < 1.29 is 4.74 Å². The van der Waals surface area contributed by atoms with E-state index in [1.165, 1.54) is 16.7 Å². The molecule has 3 nitrogen and oxygen atoms in total. The highest BCUT2D eigenvalue weighted by Crippen LogP contribution is 2.44. The maximum atomic E-state index is 6.31. The molecule has 1 unspecified atom stereocenters. The molecule has 2 aliphatic rings. The summed E-state index contributed by atoms with van der Waals surface area (Å²) in [6.45, 7) is 1.52. The molecule has 2 N–H and O–H groups in total. The molecule has 4 heteroatoms. The molecule has 2 aromatic rings. The molecular weight excluding hydrogens is 272 g/mol. The summed E-state index contributed by atoms with van der Waals surface area (Å²) in [6.07, 6.45) is 0.897. The molecule has 0 fully saturated rings. The molecule has 20 heavy (non-hydrogen) atoms. The molecule has 0 bridgehead atoms. The molecule has 104 valence electrons. The molecule has 1 spiro atoms. The number of fused-ring (bicyclic) bond motifs is 3. The Balaban J connectivity index is 0.00000121. The van der Waals surface area contributed by atoms with E-state index in [0.717, 1.165) is 25.3 Å². The SMILES string of the molecule is Cl.NN1Cc2ccccc2C2(Cc3ccccc3O2)C1. The summed E-state index contributed by atoms with van der Waals surface area (Å²) in [5.74, 6) is 7.09. The normalized spacial score (nSPS) is 23.6. The molecule has 2 aliphatic heterocycles. The number of halogens is 1. The minimum atomic E-state index is -0.312. The summed E-state index contributed by atoms with van der Waals surface area (Å²) in [6, 6.07) is 16.7. The summed E-state index contributed by atoms with van der Waals surface area (Å²) >= 11 is 0. The van der Waals surface area contributed by atoms with Gasteiger partial charge in [-0.1, -0.05) is 42.5 Å². The molecule has 1 atom stereocenters. The fraction of sp³-hybridized carbons (Fsp3) is 0.250. The number of ether oxygens (including phenoxy) is 1. The summed E-state index contributed by atoms with van der Waals surface area (Å²) in [7, 11) is 0. The number of nitrogens with zero attached hydrogens (tertiary/aromatic N) is 1. The Kier molecular flexibility index (Phi) is 3.21. The second-order valence-electron chi connectivity index (χ2n) is 5.44. The zero-order chi connectivity index (χ0) is 12.9. The van der Waals surface area contributed by atoms with Crippen molar-refractivity contribution >= 4 is 12.4 Å². The zero-order valence-corrected chi connectivity index (χ0v) is 11.9. The van der Waals surface area contributed by atoms with Crippen LogP contribution in [0.3, 0.4) is 0 Å². The fourth-order valence-electron chi connectivity index (χ4n) is 3.33. The van der Waals surface area contributed by atoms with Crippen molar-refractivity contribution in [1.82, 2.24) is 5.01 Å². The highest BCUT2D eigenvalue weighted by atomic mass is 35.5. The summed E-state index contributed by atoms with van der Waals surface area (Å²) in [5, 5.41) is 1.86. The summed E-state index contributed by atoms with van der Waals surface area (Å²) in [5.41, 5.74) is 3.51. The Morgan fingerprint density at radius 1 is 1.00 bits per heavy atom. The van der Waals surface area contributed by atoms with Crippen LogP contribution in [0.15, 0.2) is 48.5 Å². The number of rotatable bonds is 0. The third kappa shape index (κ3) is 1.90. The minimum absolute atomic E-state index is 0. The van der Waals surface area contributed by atoms with Crippen LogP contribution >= 0.6 is 12.4 Å². The van der Waals surface area contributed by atoms with Crippen molar-refractivity contribution in [3.63, 3.8) is 0 Å². The number of hydrogen-bond acceptors (Lipinski definition) is 3. The maximum absolute atomic E-state index is 6.31. The van der Waals surface area contributed by atoms with Gasteiger partial charge in [0.15, 0.2) is 5.60 Å². The predicted octanol–water partition coefficient (Wildman–Crippen LogP) is 2.63. The van der Waals surface area contributed by atoms with Crippen LogP contribution in [0.2, 0.25) is 0 Å². The van der Waals surface area contributed by atoms with Crippen molar-refractivity contribution in [3.8, 4) is 5.75 Å². The quantitative estimate of drug-likeness (QED) is 0.758. The number of benzene rings is 2. The van der Waals surface area contributed by atoms with Gasteiger partial charge >= 0.3 is 0 Å². The number of hydrazine groups is 1. The van der Waals surface area contributed by atoms with Crippen LogP contribution in [0.1, 0.15) is 16.7 Å². The van der Waals surface area contributed by atoms with E-state index < -0.39 is 0 Å². The first-order valence-electron chi connectivity index (χ1n) is 6.62. The van der Waals surface area contributed by atoms with E-state index in [1.807, 2.05) is 17.1 Å². The van der Waals surface area contributed by atoms with Gasteiger partial charge < -0.3 is 4.74 Å². The Bertz CT molecular complexity index is 619. The smallest absolute Gasteiger partial charge is 0.152 e. The van der Waals surface area contributed by atoms with Gasteiger partial charge in [-0.05, 0) is 17.2 Å². The van der Waals surface area contributed by atoms with Gasteiger partial charge in [0.1, 0.15) is 5.75 Å². The van der Waals surface area contributed by atoms with Crippen LogP contribution in [0.25, 0.3) is 0 Å². The Labute approximate surface area is 124 Å². The lowest BCUT2D eigenvalue weighted by Crippen LogP contribution is -2.51. The number of para-hydroxylation sites is 1. The zero-order valence-electron chi connectivity index (χ0n) is 11.1. The average molecular weight is 289 g/mol. The van der Waals surface area contributed by atoms with Crippen molar-refractivity contribution in [2.45, 2.75) is 18.6 Å². The van der Waals surface area contributed by atoms with E-state index in [2.05, 4.69) is 36.4 Å². The van der Waals surface area contributed by atoms with Gasteiger partial charge in [0.05, 0.1) is 6.54 Å². The number of nitrogens with two attached hydrogens (primary N) is 1. The van der Waals surface area contributed by atoms with Gasteiger partial charge in [-0.15, -0.1) is 12.4 Å². The van der Waals surface area contributed by atoms with Crippen molar-refractivity contribution in [2.24, 2.45) is 5.84 Å². The van der Waals surface area contributed by atoms with E-state index in [1.54, 1.807) is 0 Å². The highest BCUT2D eigenvalue weighted by Gasteiger charge is 2.45. The summed E-state index contributed by atoms with van der Waals surface area (Å²) < 4.78 is 6.31. The van der Waals surface area contributed by atoms with Gasteiger partial charge in [-0.25, -0.2) is 5.01 Å². The van der Waals surface area contributed by atoms with Crippen LogP contribution < -0.4 is 10.6 Å². The first kappa shape index (κ1) is 13.4. The van der Waals surface area contributed by atoms with Gasteiger partial charge in [0, 0.05) is 18.5 Å². The van der Waals surface area contributed by atoms with Crippen LogP contribution in [0, 0.1) is 0 Å². The van der Waals surface area contributed by atoms with Gasteiger partial charge in [-0.3, -0.25) is 5.84 Å². The topological polar surface area (TPSA) is 38.5 Å². The standard InChI is InChI=1S/C16H16N2O.ClH/c17-18-10-13-6-1-3-7-14(13)16(11-18)9-12-5-2-4-8-15(12)19-16;/h1-8H,9-11,17H2;1H. The van der Waals surface area contributed by atoms with Crippen LogP contribution in [-0.4, -0.2) is 11.6 Å². The fourth-order valence-corrected chi connectivity index (χ4v) is 3.33. The van der Waals surface area contributed by atoms with Crippen LogP contribution in [-0.2, 0) is 18.6 Å². The van der Waals surface area contributed by atoms with E-state index in [0.29, 0.717) is 0 Å². The largest absolute Gasteiger partial charge is 0.481 e. The minimum Gasteiger partial charge on any atom is -0.481 e. The molecule has 0 amide bonds. The third-order valence-electron chi connectivity index (χ3n) is 4.09. The van der Waals surface area contributed by atoms with E-state index in [4.69, 9.17) is 10.6 Å². The van der Waals surface area contributed by atoms with E-state index in [9.17, 15) is 0 Å². The molecule has 2 aromatic carbocycles. The van der Waals surface area contributed by atoms with Gasteiger partial charge in [-0.2, -0.15) is 0 Å². The van der Waals surface area contributed by atoms with Crippen molar-refractivity contribution in [2.75, 3.05) is 6.54 Å². The van der Waals surface area contributed by atoms with Crippen molar-refractivity contribution in [3.05, 3.63) is 65.2 Å². The molecule has 0 saturated heterocycles. The van der Waals surface area contributed by atoms with Crippen LogP contribution in [0.4, 0.5) is 0 Å². The average Bonchev–Trinajstić information content (AvgIpc) is 2.76. The molecule has 0 aromatic heterocycles. The van der Waals surface area contributed by atoms with E-state index >= 15 is 0 Å². The highest BCUT2D eigenvalue weighted by molar-refractivity contribution is 5.85. The molecule has 0 saturated carbocycles. The molecular formula is C16H17ClN2O. The van der Waals surface area contributed by atoms with Gasteiger partial charge in [0.25, 0.3) is 0 Å². The first-order valence-corrected chi connectivity index (χ1v) is 6.62.